The van der Waals surface area contributed by atoms with E-state index >= 15 is 0 Å². The first-order chi connectivity index (χ1) is 7.63. The second-order valence-electron chi connectivity index (χ2n) is 3.46. The summed E-state index contributed by atoms with van der Waals surface area (Å²) in [6, 6.07) is -3.27. The normalized spacial score (nSPS) is 15.9. The molecule has 0 saturated carbocycles. The first kappa shape index (κ1) is 20.9. The summed E-state index contributed by atoms with van der Waals surface area (Å²) in [5.41, 5.74) is 4.31. The Kier molecular flexibility index (Phi) is 6.47. The summed E-state index contributed by atoms with van der Waals surface area (Å²) >= 11 is 0. The summed E-state index contributed by atoms with van der Waals surface area (Å²) in [7, 11) is 0. The Bertz CT molecular complexity index is 283. The Morgan fingerprint density at radius 1 is 0.789 bits per heavy atom. The van der Waals surface area contributed by atoms with Gasteiger partial charge in [-0.25, -0.2) is 0 Å². The van der Waals surface area contributed by atoms with Gasteiger partial charge in [0.05, 0.1) is 6.04 Å². The van der Waals surface area contributed by atoms with Gasteiger partial charge >= 0.3 is 24.2 Å². The highest BCUT2D eigenvalue weighted by atomic mass is 35.5. The van der Waals surface area contributed by atoms with Crippen LogP contribution in [0.25, 0.3) is 0 Å². The molecule has 0 aromatic heterocycles. The third-order valence-corrected chi connectivity index (χ3v) is 1.98. The van der Waals surface area contributed by atoms with Gasteiger partial charge < -0.3 is 5.73 Å². The lowest BCUT2D eigenvalue weighted by molar-refractivity contribution is -0.359. The van der Waals surface area contributed by atoms with Crippen LogP contribution in [-0.2, 0) is 0 Å². The van der Waals surface area contributed by atoms with E-state index in [4.69, 9.17) is 0 Å². The molecule has 19 heavy (non-hydrogen) atoms. The Labute approximate surface area is 106 Å². The van der Waals surface area contributed by atoms with Crippen molar-refractivity contribution in [1.29, 1.82) is 0 Å². The Hall–Kier alpha value is -0.450. The van der Waals surface area contributed by atoms with Gasteiger partial charge in [0.1, 0.15) is 0 Å². The quantitative estimate of drug-likeness (QED) is 0.777. The van der Waals surface area contributed by atoms with Crippen LogP contribution in [0.5, 0.6) is 0 Å². The van der Waals surface area contributed by atoms with Crippen molar-refractivity contribution >= 4 is 12.4 Å². The lowest BCUT2D eigenvalue weighted by Gasteiger charge is -2.32. The van der Waals surface area contributed by atoms with Gasteiger partial charge in [0, 0.05) is 6.42 Å². The third-order valence-electron chi connectivity index (χ3n) is 1.98. The van der Waals surface area contributed by atoms with E-state index in [1.54, 1.807) is 0 Å². The van der Waals surface area contributed by atoms with Gasteiger partial charge in [-0.1, -0.05) is 0 Å². The molecule has 0 amide bonds. The highest BCUT2D eigenvalue weighted by molar-refractivity contribution is 5.85. The van der Waals surface area contributed by atoms with E-state index in [9.17, 15) is 43.9 Å². The number of alkyl halides is 10. The van der Waals surface area contributed by atoms with Crippen LogP contribution in [0.2, 0.25) is 0 Å². The standard InChI is InChI=1S/C7H7F10N.ClH/c8-4(9,10)2-1-3(18)5(11,12)6(13,14)7(15,16)17;/h3H,1-2,18H2;1H/t3-;/m0./s1. The van der Waals surface area contributed by atoms with E-state index in [0.717, 1.165) is 0 Å². The summed E-state index contributed by atoms with van der Waals surface area (Å²) in [5.74, 6) is -12.3. The smallest absolute Gasteiger partial charge is 0.322 e. The van der Waals surface area contributed by atoms with Gasteiger partial charge in [-0.3, -0.25) is 0 Å². The van der Waals surface area contributed by atoms with E-state index in [1.165, 1.54) is 0 Å². The molecule has 0 radical (unpaired) electrons. The fraction of sp³-hybridized carbons (Fsp3) is 1.00. The molecule has 0 rings (SSSR count). The molecule has 0 aromatic rings. The fourth-order valence-electron chi connectivity index (χ4n) is 0.922. The minimum absolute atomic E-state index is 0. The van der Waals surface area contributed by atoms with Crippen molar-refractivity contribution in [3.63, 3.8) is 0 Å². The summed E-state index contributed by atoms with van der Waals surface area (Å²) in [6.07, 6.45) is -15.3. The molecule has 118 valence electrons. The van der Waals surface area contributed by atoms with Gasteiger partial charge in [0.15, 0.2) is 0 Å². The molecular formula is C7H8ClF10N. The summed E-state index contributed by atoms with van der Waals surface area (Å²) in [6.45, 7) is 0. The molecule has 0 spiro atoms. The van der Waals surface area contributed by atoms with Crippen LogP contribution in [0.3, 0.4) is 0 Å². The van der Waals surface area contributed by atoms with E-state index < -0.39 is 43.1 Å². The summed E-state index contributed by atoms with van der Waals surface area (Å²) in [5, 5.41) is 0. The second kappa shape index (κ2) is 5.90. The van der Waals surface area contributed by atoms with Crippen molar-refractivity contribution in [2.45, 2.75) is 43.1 Å². The van der Waals surface area contributed by atoms with Gasteiger partial charge in [0.25, 0.3) is 0 Å². The van der Waals surface area contributed by atoms with Crippen molar-refractivity contribution in [3.05, 3.63) is 0 Å². The largest absolute Gasteiger partial charge is 0.459 e. The summed E-state index contributed by atoms with van der Waals surface area (Å²) in [4.78, 5) is 0. The van der Waals surface area contributed by atoms with Gasteiger partial charge in [-0.05, 0) is 6.42 Å². The minimum Gasteiger partial charge on any atom is -0.322 e. The third kappa shape index (κ3) is 4.86. The van der Waals surface area contributed by atoms with E-state index in [2.05, 4.69) is 5.73 Å². The minimum atomic E-state index is -6.60. The molecule has 0 aromatic carbocycles. The highest BCUT2D eigenvalue weighted by Gasteiger charge is 2.74. The lowest BCUT2D eigenvalue weighted by atomic mass is 9.99. The molecule has 1 nitrogen and oxygen atoms in total. The Balaban J connectivity index is 0. The topological polar surface area (TPSA) is 26.0 Å². The number of halogens is 11. The van der Waals surface area contributed by atoms with Gasteiger partial charge in [-0.15, -0.1) is 12.4 Å². The van der Waals surface area contributed by atoms with Crippen LogP contribution in [0.1, 0.15) is 12.8 Å². The van der Waals surface area contributed by atoms with Crippen LogP contribution < -0.4 is 5.73 Å². The zero-order chi connectivity index (χ0) is 15.0. The molecule has 0 bridgehead atoms. The first-order valence-electron chi connectivity index (χ1n) is 4.27. The molecule has 0 fully saturated rings. The molecule has 0 heterocycles. The van der Waals surface area contributed by atoms with Crippen molar-refractivity contribution in [1.82, 2.24) is 0 Å². The van der Waals surface area contributed by atoms with Crippen LogP contribution in [0, 0.1) is 0 Å². The zero-order valence-corrected chi connectivity index (χ0v) is 9.57. The molecule has 0 aliphatic heterocycles. The van der Waals surface area contributed by atoms with Crippen molar-refractivity contribution in [2.24, 2.45) is 5.73 Å². The van der Waals surface area contributed by atoms with Crippen LogP contribution in [0.15, 0.2) is 0 Å². The summed E-state index contributed by atoms with van der Waals surface area (Å²) < 4.78 is 120. The van der Waals surface area contributed by atoms with E-state index in [0.29, 0.717) is 0 Å². The van der Waals surface area contributed by atoms with Crippen molar-refractivity contribution in [3.8, 4) is 0 Å². The molecule has 2 N–H and O–H groups in total. The second-order valence-corrected chi connectivity index (χ2v) is 3.46. The monoisotopic (exact) mass is 331 g/mol. The molecule has 0 aliphatic rings. The zero-order valence-electron chi connectivity index (χ0n) is 8.76. The SMILES string of the molecule is Cl.N[C@@H](CCC(F)(F)F)C(F)(F)C(F)(F)C(F)(F)F. The maximum atomic E-state index is 12.7. The molecule has 0 unspecified atom stereocenters. The van der Waals surface area contributed by atoms with Crippen LogP contribution >= 0.6 is 12.4 Å². The van der Waals surface area contributed by atoms with E-state index in [1.807, 2.05) is 0 Å². The highest BCUT2D eigenvalue weighted by Crippen LogP contribution is 2.48. The predicted molar refractivity (Wildman–Crippen MR) is 46.5 cm³/mol. The van der Waals surface area contributed by atoms with Crippen LogP contribution in [0.4, 0.5) is 43.9 Å². The van der Waals surface area contributed by atoms with Crippen molar-refractivity contribution < 1.29 is 43.9 Å². The number of rotatable bonds is 4. The maximum absolute atomic E-state index is 12.7. The predicted octanol–water partition coefficient (Wildman–Crippen LogP) is 3.91. The van der Waals surface area contributed by atoms with Gasteiger partial charge in [0.2, 0.25) is 0 Å². The molecule has 0 saturated heterocycles. The lowest BCUT2D eigenvalue weighted by Crippen LogP contribution is -2.60. The maximum Gasteiger partial charge on any atom is 0.459 e. The molecular weight excluding hydrogens is 324 g/mol. The molecule has 0 aliphatic carbocycles. The number of hydrogen-bond donors (Lipinski definition) is 1. The molecule has 12 heteroatoms. The Morgan fingerprint density at radius 2 is 1.16 bits per heavy atom. The number of nitrogens with two attached hydrogens (primary N) is 1. The Morgan fingerprint density at radius 3 is 1.42 bits per heavy atom. The van der Waals surface area contributed by atoms with Gasteiger partial charge in [-0.2, -0.15) is 43.9 Å². The van der Waals surface area contributed by atoms with E-state index in [-0.39, 0.29) is 12.4 Å². The van der Waals surface area contributed by atoms with Crippen LogP contribution in [-0.4, -0.2) is 30.2 Å². The average Bonchev–Trinajstić information content (AvgIpc) is 2.10. The number of hydrogen-bond acceptors (Lipinski definition) is 1. The molecule has 1 atom stereocenters. The first-order valence-corrected chi connectivity index (χ1v) is 4.27. The average molecular weight is 332 g/mol. The van der Waals surface area contributed by atoms with Crippen molar-refractivity contribution in [2.75, 3.05) is 0 Å². The fourth-order valence-corrected chi connectivity index (χ4v) is 0.922.